The van der Waals surface area contributed by atoms with Gasteiger partial charge in [0, 0.05) is 5.41 Å². The van der Waals surface area contributed by atoms with Crippen LogP contribution in [0.4, 0.5) is 0 Å². The minimum atomic E-state index is -0.475. The van der Waals surface area contributed by atoms with Crippen molar-refractivity contribution in [1.29, 1.82) is 0 Å². The van der Waals surface area contributed by atoms with Crippen molar-refractivity contribution in [3.8, 4) is 0 Å². The summed E-state index contributed by atoms with van der Waals surface area (Å²) < 4.78 is 0. The first-order chi connectivity index (χ1) is 8.24. The van der Waals surface area contributed by atoms with Crippen molar-refractivity contribution in [1.82, 2.24) is 0 Å². The Kier molecular flexibility index (Phi) is 2.74. The normalized spacial score (nSPS) is 18.9. The molecule has 1 aromatic carbocycles. The summed E-state index contributed by atoms with van der Waals surface area (Å²) in [6.07, 6.45) is 1.59. The summed E-state index contributed by atoms with van der Waals surface area (Å²) in [7, 11) is 0. The van der Waals surface area contributed by atoms with Gasteiger partial charge in [-0.05, 0) is 29.9 Å². The molecule has 1 atom stereocenters. The molecule has 0 amide bonds. The van der Waals surface area contributed by atoms with E-state index in [1.807, 2.05) is 29.6 Å². The molecule has 1 unspecified atom stereocenters. The van der Waals surface area contributed by atoms with Crippen molar-refractivity contribution in [3.63, 3.8) is 0 Å². The monoisotopic (exact) mass is 264 g/mol. The van der Waals surface area contributed by atoms with Crippen LogP contribution < -0.4 is 0 Å². The highest BCUT2D eigenvalue weighted by atomic mass is 35.5. The van der Waals surface area contributed by atoms with Gasteiger partial charge >= 0.3 is 0 Å². The highest BCUT2D eigenvalue weighted by Crippen LogP contribution is 2.57. The summed E-state index contributed by atoms with van der Waals surface area (Å²) in [4.78, 5) is 0.896. The van der Waals surface area contributed by atoms with E-state index >= 15 is 0 Å². The second kappa shape index (κ2) is 4.13. The number of aliphatic hydroxyl groups excluding tert-OH is 1. The first-order valence-corrected chi connectivity index (χ1v) is 6.96. The van der Waals surface area contributed by atoms with Crippen molar-refractivity contribution in [2.75, 3.05) is 0 Å². The lowest BCUT2D eigenvalue weighted by Gasteiger charge is -2.22. The van der Waals surface area contributed by atoms with Crippen molar-refractivity contribution >= 4 is 22.9 Å². The summed E-state index contributed by atoms with van der Waals surface area (Å²) in [5.41, 5.74) is 1.12. The molecule has 1 N–H and O–H groups in total. The Hall–Kier alpha value is -0.830. The van der Waals surface area contributed by atoms with Crippen LogP contribution in [0.3, 0.4) is 0 Å². The molecular formula is C14H13ClOS. The highest BCUT2D eigenvalue weighted by Gasteiger charge is 2.51. The van der Waals surface area contributed by atoms with Gasteiger partial charge in [-0.3, -0.25) is 0 Å². The van der Waals surface area contributed by atoms with Crippen LogP contribution in [0.2, 0.25) is 5.02 Å². The van der Waals surface area contributed by atoms with Crippen LogP contribution in [0, 0.1) is 0 Å². The van der Waals surface area contributed by atoms with E-state index in [0.717, 1.165) is 17.7 Å². The van der Waals surface area contributed by atoms with E-state index in [1.54, 1.807) is 0 Å². The SMILES string of the molecule is OC(c1sccc1Cl)C1(c2ccccc2)CC1. The third-order valence-electron chi connectivity index (χ3n) is 3.55. The Morgan fingerprint density at radius 2 is 1.88 bits per heavy atom. The molecule has 1 heterocycles. The lowest BCUT2D eigenvalue weighted by Crippen LogP contribution is -2.17. The van der Waals surface area contributed by atoms with Gasteiger partial charge in [0.2, 0.25) is 0 Å². The third kappa shape index (κ3) is 1.81. The molecule has 0 spiro atoms. The molecular weight excluding hydrogens is 252 g/mol. The zero-order valence-electron chi connectivity index (χ0n) is 9.27. The number of hydrogen-bond acceptors (Lipinski definition) is 2. The molecule has 1 aliphatic carbocycles. The number of halogens is 1. The molecule has 1 nitrogen and oxygen atoms in total. The van der Waals surface area contributed by atoms with Gasteiger partial charge in [-0.1, -0.05) is 41.9 Å². The maximum absolute atomic E-state index is 10.6. The quantitative estimate of drug-likeness (QED) is 0.882. The largest absolute Gasteiger partial charge is 0.387 e. The second-order valence-corrected chi connectivity index (χ2v) is 5.91. The lowest BCUT2D eigenvalue weighted by atomic mass is 9.89. The number of benzene rings is 1. The van der Waals surface area contributed by atoms with Gasteiger partial charge in [-0.15, -0.1) is 11.3 Å². The number of thiophene rings is 1. The predicted molar refractivity (Wildman–Crippen MR) is 71.6 cm³/mol. The van der Waals surface area contributed by atoms with Gasteiger partial charge in [-0.25, -0.2) is 0 Å². The van der Waals surface area contributed by atoms with E-state index in [0.29, 0.717) is 5.02 Å². The Labute approximate surface area is 110 Å². The van der Waals surface area contributed by atoms with E-state index in [4.69, 9.17) is 11.6 Å². The zero-order chi connectivity index (χ0) is 11.9. The average Bonchev–Trinajstić information content (AvgIpc) is 3.07. The molecule has 2 aromatic rings. The highest BCUT2D eigenvalue weighted by molar-refractivity contribution is 7.10. The van der Waals surface area contributed by atoms with Gasteiger partial charge < -0.3 is 5.11 Å². The first kappa shape index (κ1) is 11.3. The fraction of sp³-hybridized carbons (Fsp3) is 0.286. The van der Waals surface area contributed by atoms with Crippen molar-refractivity contribution in [2.24, 2.45) is 0 Å². The molecule has 0 bridgehead atoms. The van der Waals surface area contributed by atoms with Gasteiger partial charge in [0.1, 0.15) is 0 Å². The predicted octanol–water partition coefficient (Wildman–Crippen LogP) is 4.17. The number of hydrogen-bond donors (Lipinski definition) is 1. The van der Waals surface area contributed by atoms with Gasteiger partial charge in [0.05, 0.1) is 16.0 Å². The molecule has 1 aliphatic rings. The molecule has 1 aromatic heterocycles. The lowest BCUT2D eigenvalue weighted by molar-refractivity contribution is 0.137. The summed E-state index contributed by atoms with van der Waals surface area (Å²) in [6, 6.07) is 12.1. The third-order valence-corrected chi connectivity index (χ3v) is 4.96. The molecule has 88 valence electrons. The van der Waals surface area contributed by atoms with E-state index in [1.165, 1.54) is 16.9 Å². The zero-order valence-corrected chi connectivity index (χ0v) is 10.8. The maximum atomic E-state index is 10.6. The van der Waals surface area contributed by atoms with Gasteiger partial charge in [0.25, 0.3) is 0 Å². The van der Waals surface area contributed by atoms with Crippen LogP contribution in [0.5, 0.6) is 0 Å². The summed E-state index contributed by atoms with van der Waals surface area (Å²) in [6.45, 7) is 0. The van der Waals surface area contributed by atoms with Crippen LogP contribution in [-0.2, 0) is 5.41 Å². The molecule has 1 saturated carbocycles. The van der Waals surface area contributed by atoms with E-state index in [2.05, 4.69) is 12.1 Å². The Balaban J connectivity index is 1.97. The molecule has 0 saturated heterocycles. The number of rotatable bonds is 3. The Bertz CT molecular complexity index is 516. The molecule has 17 heavy (non-hydrogen) atoms. The summed E-state index contributed by atoms with van der Waals surface area (Å²) >= 11 is 7.64. The first-order valence-electron chi connectivity index (χ1n) is 5.70. The molecule has 1 fully saturated rings. The van der Waals surface area contributed by atoms with Crippen LogP contribution in [0.1, 0.15) is 29.4 Å². The topological polar surface area (TPSA) is 20.2 Å². The molecule has 3 heteroatoms. The van der Waals surface area contributed by atoms with Crippen molar-refractivity contribution in [3.05, 3.63) is 57.2 Å². The second-order valence-electron chi connectivity index (χ2n) is 4.56. The molecule has 3 rings (SSSR count). The van der Waals surface area contributed by atoms with Crippen LogP contribution in [-0.4, -0.2) is 5.11 Å². The van der Waals surface area contributed by atoms with Gasteiger partial charge in [0.15, 0.2) is 0 Å². The van der Waals surface area contributed by atoms with Crippen molar-refractivity contribution < 1.29 is 5.11 Å². The van der Waals surface area contributed by atoms with Gasteiger partial charge in [-0.2, -0.15) is 0 Å². The fourth-order valence-electron chi connectivity index (χ4n) is 2.38. The number of aliphatic hydroxyl groups is 1. The molecule has 0 radical (unpaired) electrons. The minimum absolute atomic E-state index is 0.101. The van der Waals surface area contributed by atoms with E-state index in [9.17, 15) is 5.11 Å². The van der Waals surface area contributed by atoms with Crippen LogP contribution in [0.15, 0.2) is 41.8 Å². The van der Waals surface area contributed by atoms with Crippen molar-refractivity contribution in [2.45, 2.75) is 24.4 Å². The Morgan fingerprint density at radius 1 is 1.18 bits per heavy atom. The Morgan fingerprint density at radius 3 is 2.41 bits per heavy atom. The molecule has 0 aliphatic heterocycles. The minimum Gasteiger partial charge on any atom is -0.387 e. The fourth-order valence-corrected chi connectivity index (χ4v) is 3.64. The van der Waals surface area contributed by atoms with Crippen LogP contribution >= 0.6 is 22.9 Å². The van der Waals surface area contributed by atoms with Crippen LogP contribution in [0.25, 0.3) is 0 Å². The van der Waals surface area contributed by atoms with E-state index < -0.39 is 6.10 Å². The van der Waals surface area contributed by atoms with E-state index in [-0.39, 0.29) is 5.41 Å². The standard InChI is InChI=1S/C14H13ClOS/c15-11-6-9-17-12(11)13(16)14(7-8-14)10-4-2-1-3-5-10/h1-6,9,13,16H,7-8H2. The maximum Gasteiger partial charge on any atom is 0.0993 e. The smallest absolute Gasteiger partial charge is 0.0993 e. The summed E-state index contributed by atoms with van der Waals surface area (Å²) in [5.74, 6) is 0. The average molecular weight is 265 g/mol. The summed E-state index contributed by atoms with van der Waals surface area (Å²) in [5, 5.41) is 13.2.